The number of hydrogen-bond acceptors (Lipinski definition) is 4. The molecule has 2 heterocycles. The molecule has 0 aliphatic carbocycles. The Kier molecular flexibility index (Phi) is 4.70. The van der Waals surface area contributed by atoms with Crippen molar-refractivity contribution in [3.8, 4) is 0 Å². The van der Waals surface area contributed by atoms with E-state index in [4.69, 9.17) is 4.52 Å². The topological polar surface area (TPSA) is 73.0 Å². The van der Waals surface area contributed by atoms with Gasteiger partial charge in [-0.05, 0) is 35.4 Å². The molecule has 2 aromatic carbocycles. The number of carbonyl (C=O) groups is 1. The van der Waals surface area contributed by atoms with Crippen molar-refractivity contribution in [2.75, 3.05) is 0 Å². The van der Waals surface area contributed by atoms with E-state index in [1.54, 1.807) is 6.92 Å². The van der Waals surface area contributed by atoms with Crippen molar-refractivity contribution in [2.45, 2.75) is 25.9 Å². The second-order valence-corrected chi connectivity index (χ2v) is 6.43. The Morgan fingerprint density at radius 1 is 1.11 bits per heavy atom. The summed E-state index contributed by atoms with van der Waals surface area (Å²) in [7, 11) is 0. The van der Waals surface area contributed by atoms with Gasteiger partial charge in [-0.15, -0.1) is 0 Å². The minimum absolute atomic E-state index is 0.0718. The maximum Gasteiger partial charge on any atom is 0.246 e. The summed E-state index contributed by atoms with van der Waals surface area (Å²) in [5.41, 5.74) is 1.12. The van der Waals surface area contributed by atoms with Crippen molar-refractivity contribution < 1.29 is 9.32 Å². The van der Waals surface area contributed by atoms with Crippen LogP contribution in [0.3, 0.4) is 0 Å². The highest BCUT2D eigenvalue weighted by Crippen LogP contribution is 2.29. The lowest BCUT2D eigenvalue weighted by Crippen LogP contribution is -2.26. The molecule has 6 heteroatoms. The van der Waals surface area contributed by atoms with Gasteiger partial charge < -0.3 is 14.4 Å². The van der Waals surface area contributed by atoms with Gasteiger partial charge in [-0.25, -0.2) is 0 Å². The summed E-state index contributed by atoms with van der Waals surface area (Å²) in [5.74, 6) is 0.890. The first-order chi connectivity index (χ1) is 13.2. The molecule has 4 aromatic rings. The first-order valence-corrected chi connectivity index (χ1v) is 8.87. The molecule has 0 unspecified atom stereocenters. The quantitative estimate of drug-likeness (QED) is 0.570. The van der Waals surface area contributed by atoms with Crippen LogP contribution in [0.4, 0.5) is 0 Å². The van der Waals surface area contributed by atoms with Crippen molar-refractivity contribution in [3.63, 3.8) is 0 Å². The van der Waals surface area contributed by atoms with E-state index in [1.165, 1.54) is 0 Å². The number of fused-ring (bicyclic) bond motifs is 1. The largest absolute Gasteiger partial charge is 0.347 e. The monoisotopic (exact) mass is 360 g/mol. The Labute approximate surface area is 156 Å². The lowest BCUT2D eigenvalue weighted by atomic mass is 9.96. The van der Waals surface area contributed by atoms with E-state index in [1.807, 2.05) is 42.7 Å². The van der Waals surface area contributed by atoms with Crippen LogP contribution in [0.2, 0.25) is 0 Å². The summed E-state index contributed by atoms with van der Waals surface area (Å²) in [6.45, 7) is 1.98. The summed E-state index contributed by atoms with van der Waals surface area (Å²) in [6, 6.07) is 18.3. The molecule has 1 N–H and O–H groups in total. The van der Waals surface area contributed by atoms with Gasteiger partial charge in [0.2, 0.25) is 11.8 Å². The highest BCUT2D eigenvalue weighted by molar-refractivity contribution is 5.87. The number of aromatic nitrogens is 3. The Bertz CT molecular complexity index is 1050. The van der Waals surface area contributed by atoms with Gasteiger partial charge >= 0.3 is 0 Å². The van der Waals surface area contributed by atoms with Crippen LogP contribution in [0, 0.1) is 6.92 Å². The van der Waals surface area contributed by atoms with Crippen LogP contribution < -0.4 is 5.32 Å². The molecule has 1 amide bonds. The molecule has 27 heavy (non-hydrogen) atoms. The zero-order valence-corrected chi connectivity index (χ0v) is 15.0. The Balaban J connectivity index is 1.59. The second-order valence-electron chi connectivity index (χ2n) is 6.43. The third-order valence-corrected chi connectivity index (χ3v) is 4.55. The van der Waals surface area contributed by atoms with Crippen molar-refractivity contribution in [2.24, 2.45) is 0 Å². The van der Waals surface area contributed by atoms with Gasteiger partial charge in [-0.3, -0.25) is 4.79 Å². The van der Waals surface area contributed by atoms with Crippen LogP contribution >= 0.6 is 0 Å². The number of nitrogens with zero attached hydrogens (tertiary/aromatic N) is 3. The predicted molar refractivity (Wildman–Crippen MR) is 102 cm³/mol. The summed E-state index contributed by atoms with van der Waals surface area (Å²) in [6.07, 6.45) is 4.29. The summed E-state index contributed by atoms with van der Waals surface area (Å²) >= 11 is 0. The van der Waals surface area contributed by atoms with Gasteiger partial charge in [0.25, 0.3) is 0 Å². The lowest BCUT2D eigenvalue weighted by Gasteiger charge is -2.21. The number of amides is 1. The summed E-state index contributed by atoms with van der Waals surface area (Å²) in [4.78, 5) is 16.7. The minimum Gasteiger partial charge on any atom is -0.347 e. The molecule has 0 radical (unpaired) electrons. The summed E-state index contributed by atoms with van der Waals surface area (Å²) < 4.78 is 7.12. The van der Waals surface area contributed by atoms with Crippen LogP contribution in [-0.4, -0.2) is 20.6 Å². The highest BCUT2D eigenvalue weighted by atomic mass is 16.5. The highest BCUT2D eigenvalue weighted by Gasteiger charge is 2.19. The molecule has 4 rings (SSSR count). The van der Waals surface area contributed by atoms with Crippen molar-refractivity contribution in [3.05, 3.63) is 84.3 Å². The minimum atomic E-state index is -0.101. The number of carbonyl (C=O) groups excluding carboxylic acids is 1. The molecular weight excluding hydrogens is 340 g/mol. The number of rotatable bonds is 6. The Hall–Kier alpha value is -3.41. The molecule has 0 spiro atoms. The molecule has 0 bridgehead atoms. The molecule has 0 saturated heterocycles. The van der Waals surface area contributed by atoms with Crippen molar-refractivity contribution >= 4 is 16.7 Å². The SMILES string of the molecule is Cc1noc(CNC(=O)C[C@@H](c2cccc3ccccc23)n2cccc2)n1. The zero-order valence-electron chi connectivity index (χ0n) is 15.0. The third kappa shape index (κ3) is 3.74. The first-order valence-electron chi connectivity index (χ1n) is 8.87. The van der Waals surface area contributed by atoms with Gasteiger partial charge in [0.05, 0.1) is 19.0 Å². The van der Waals surface area contributed by atoms with Crippen LogP contribution in [0.15, 0.2) is 71.5 Å². The number of aryl methyl sites for hydroxylation is 1. The third-order valence-electron chi connectivity index (χ3n) is 4.55. The first kappa shape index (κ1) is 17.0. The standard InChI is InChI=1S/C21H20N4O2/c1-15-23-21(27-24-15)14-22-20(26)13-19(25-11-4-5-12-25)18-10-6-8-16-7-2-3-9-17(16)18/h2-12,19H,13-14H2,1H3,(H,22,26)/t19-/m0/s1. The van der Waals surface area contributed by atoms with Crippen LogP contribution in [-0.2, 0) is 11.3 Å². The Morgan fingerprint density at radius 3 is 2.67 bits per heavy atom. The average molecular weight is 360 g/mol. The smallest absolute Gasteiger partial charge is 0.246 e. The van der Waals surface area contributed by atoms with E-state index in [2.05, 4.69) is 44.3 Å². The van der Waals surface area contributed by atoms with Gasteiger partial charge in [0, 0.05) is 12.4 Å². The second kappa shape index (κ2) is 7.45. The fraction of sp³-hybridized carbons (Fsp3) is 0.190. The zero-order chi connectivity index (χ0) is 18.6. The van der Waals surface area contributed by atoms with E-state index in [0.29, 0.717) is 18.1 Å². The molecule has 2 aromatic heterocycles. The predicted octanol–water partition coefficient (Wildman–Crippen LogP) is 3.63. The maximum absolute atomic E-state index is 12.6. The molecule has 6 nitrogen and oxygen atoms in total. The lowest BCUT2D eigenvalue weighted by molar-refractivity contribution is -0.121. The fourth-order valence-corrected chi connectivity index (χ4v) is 3.31. The van der Waals surface area contributed by atoms with Gasteiger partial charge in [0.15, 0.2) is 5.82 Å². The van der Waals surface area contributed by atoms with E-state index in [9.17, 15) is 4.79 Å². The maximum atomic E-state index is 12.6. The van der Waals surface area contributed by atoms with Gasteiger partial charge in [-0.1, -0.05) is 47.6 Å². The van der Waals surface area contributed by atoms with Gasteiger partial charge in [0.1, 0.15) is 0 Å². The fourth-order valence-electron chi connectivity index (χ4n) is 3.31. The summed E-state index contributed by atoms with van der Waals surface area (Å²) in [5, 5.41) is 8.92. The van der Waals surface area contributed by atoms with E-state index >= 15 is 0 Å². The van der Waals surface area contributed by atoms with E-state index in [-0.39, 0.29) is 18.5 Å². The molecule has 0 aliphatic rings. The average Bonchev–Trinajstić information content (AvgIpc) is 3.36. The number of benzene rings is 2. The number of hydrogen-bond donors (Lipinski definition) is 1. The molecule has 0 aliphatic heterocycles. The molecule has 1 atom stereocenters. The van der Waals surface area contributed by atoms with E-state index in [0.717, 1.165) is 16.3 Å². The number of nitrogens with one attached hydrogen (secondary N) is 1. The molecular formula is C21H20N4O2. The van der Waals surface area contributed by atoms with Crippen LogP contribution in [0.25, 0.3) is 10.8 Å². The van der Waals surface area contributed by atoms with E-state index < -0.39 is 0 Å². The van der Waals surface area contributed by atoms with Crippen LogP contribution in [0.1, 0.15) is 29.7 Å². The van der Waals surface area contributed by atoms with Crippen molar-refractivity contribution in [1.29, 1.82) is 0 Å². The normalized spacial score (nSPS) is 12.2. The van der Waals surface area contributed by atoms with Crippen LogP contribution in [0.5, 0.6) is 0 Å². The van der Waals surface area contributed by atoms with Gasteiger partial charge in [-0.2, -0.15) is 4.98 Å². The van der Waals surface area contributed by atoms with Crippen molar-refractivity contribution in [1.82, 2.24) is 20.0 Å². The Morgan fingerprint density at radius 2 is 1.89 bits per heavy atom. The molecule has 0 saturated carbocycles. The molecule has 136 valence electrons. The molecule has 0 fully saturated rings.